The number of fused-ring (bicyclic) bond motifs is 2. The van der Waals surface area contributed by atoms with Gasteiger partial charge in [0.15, 0.2) is 0 Å². The normalized spacial score (nSPS) is 46.6. The molecular formula is C16H25NO2. The monoisotopic (exact) mass is 263 g/mol. The van der Waals surface area contributed by atoms with E-state index in [-0.39, 0.29) is 5.92 Å². The van der Waals surface area contributed by atoms with E-state index in [1.54, 1.807) is 0 Å². The van der Waals surface area contributed by atoms with E-state index >= 15 is 0 Å². The smallest absolute Gasteiger partial charge is 0.308 e. The number of nitrogens with zero attached hydrogens (tertiary/aromatic N) is 1. The van der Waals surface area contributed by atoms with Crippen LogP contribution in [0.5, 0.6) is 0 Å². The first-order valence-corrected chi connectivity index (χ1v) is 8.24. The lowest BCUT2D eigenvalue weighted by Crippen LogP contribution is -2.43. The Balaban J connectivity index is 1.48. The summed E-state index contributed by atoms with van der Waals surface area (Å²) in [5.41, 5.74) is 0. The molecule has 0 aromatic rings. The molecule has 106 valence electrons. The Kier molecular flexibility index (Phi) is 2.87. The van der Waals surface area contributed by atoms with E-state index in [0.29, 0.717) is 18.1 Å². The predicted molar refractivity (Wildman–Crippen MR) is 72.9 cm³/mol. The fraction of sp³-hybridized carbons (Fsp3) is 0.938. The largest absolute Gasteiger partial charge is 0.481 e. The number of carbonyl (C=O) groups is 1. The molecule has 2 bridgehead atoms. The van der Waals surface area contributed by atoms with E-state index in [0.717, 1.165) is 24.7 Å². The van der Waals surface area contributed by atoms with E-state index in [1.165, 1.54) is 44.9 Å². The van der Waals surface area contributed by atoms with Crippen molar-refractivity contribution in [3.8, 4) is 0 Å². The molecule has 5 atom stereocenters. The Morgan fingerprint density at radius 2 is 1.68 bits per heavy atom. The van der Waals surface area contributed by atoms with Crippen LogP contribution in [0.15, 0.2) is 0 Å². The minimum atomic E-state index is -0.549. The van der Waals surface area contributed by atoms with Crippen LogP contribution in [0.25, 0.3) is 0 Å². The van der Waals surface area contributed by atoms with Crippen LogP contribution < -0.4 is 0 Å². The highest BCUT2D eigenvalue weighted by Gasteiger charge is 2.52. The summed E-state index contributed by atoms with van der Waals surface area (Å²) in [7, 11) is 0. The highest BCUT2D eigenvalue weighted by molar-refractivity contribution is 5.71. The van der Waals surface area contributed by atoms with Gasteiger partial charge in [-0.05, 0) is 56.8 Å². The second-order valence-corrected chi connectivity index (χ2v) is 7.34. The zero-order valence-electron chi connectivity index (χ0n) is 11.6. The van der Waals surface area contributed by atoms with Gasteiger partial charge in [-0.3, -0.25) is 9.69 Å². The van der Waals surface area contributed by atoms with Crippen LogP contribution in [0.2, 0.25) is 0 Å². The molecule has 3 heteroatoms. The summed E-state index contributed by atoms with van der Waals surface area (Å²) in [5.74, 6) is 1.37. The zero-order chi connectivity index (χ0) is 13.0. The van der Waals surface area contributed by atoms with E-state index in [9.17, 15) is 9.90 Å². The first-order valence-electron chi connectivity index (χ1n) is 8.24. The summed E-state index contributed by atoms with van der Waals surface area (Å²) < 4.78 is 0. The van der Waals surface area contributed by atoms with Crippen LogP contribution in [0.1, 0.15) is 57.8 Å². The second-order valence-electron chi connectivity index (χ2n) is 7.34. The molecule has 1 N–H and O–H groups in total. The molecule has 2 heterocycles. The van der Waals surface area contributed by atoms with Crippen molar-refractivity contribution < 1.29 is 9.90 Å². The van der Waals surface area contributed by atoms with Gasteiger partial charge in [0.05, 0.1) is 5.92 Å². The number of carboxylic acids is 1. The third-order valence-electron chi connectivity index (χ3n) is 6.31. The van der Waals surface area contributed by atoms with Gasteiger partial charge in [0, 0.05) is 18.1 Å². The van der Waals surface area contributed by atoms with Gasteiger partial charge in [0.1, 0.15) is 0 Å². The van der Waals surface area contributed by atoms with E-state index in [1.807, 2.05) is 0 Å². The van der Waals surface area contributed by atoms with Crippen molar-refractivity contribution in [1.29, 1.82) is 0 Å². The maximum absolute atomic E-state index is 11.4. The fourth-order valence-corrected chi connectivity index (χ4v) is 5.33. The van der Waals surface area contributed by atoms with Crippen LogP contribution in [0, 0.1) is 17.8 Å². The average Bonchev–Trinajstić information content (AvgIpc) is 3.11. The zero-order valence-corrected chi connectivity index (χ0v) is 11.6. The van der Waals surface area contributed by atoms with Crippen molar-refractivity contribution in [2.24, 2.45) is 17.8 Å². The highest BCUT2D eigenvalue weighted by atomic mass is 16.4. The number of aliphatic carboxylic acids is 1. The molecular weight excluding hydrogens is 238 g/mol. The molecule has 5 unspecified atom stereocenters. The Hall–Kier alpha value is -0.570. The molecule has 19 heavy (non-hydrogen) atoms. The molecule has 3 nitrogen and oxygen atoms in total. The maximum Gasteiger partial charge on any atom is 0.308 e. The SMILES string of the molecule is O=C(O)C1CC2CCC1N2C1CCCC(C2CC2)C1. The van der Waals surface area contributed by atoms with Gasteiger partial charge in [-0.25, -0.2) is 0 Å². The van der Waals surface area contributed by atoms with Gasteiger partial charge in [0.2, 0.25) is 0 Å². The lowest BCUT2D eigenvalue weighted by molar-refractivity contribution is -0.142. The molecule has 4 fully saturated rings. The summed E-state index contributed by atoms with van der Waals surface area (Å²) in [6.45, 7) is 0. The van der Waals surface area contributed by atoms with E-state index in [4.69, 9.17) is 0 Å². The summed E-state index contributed by atoms with van der Waals surface area (Å²) in [4.78, 5) is 14.0. The van der Waals surface area contributed by atoms with Crippen molar-refractivity contribution in [2.75, 3.05) is 0 Å². The Morgan fingerprint density at radius 1 is 0.895 bits per heavy atom. The Morgan fingerprint density at radius 3 is 2.37 bits per heavy atom. The fourth-order valence-electron chi connectivity index (χ4n) is 5.33. The van der Waals surface area contributed by atoms with Crippen molar-refractivity contribution >= 4 is 5.97 Å². The topological polar surface area (TPSA) is 40.5 Å². The summed E-state index contributed by atoms with van der Waals surface area (Å²) in [6, 6.07) is 1.67. The van der Waals surface area contributed by atoms with E-state index < -0.39 is 5.97 Å². The van der Waals surface area contributed by atoms with E-state index in [2.05, 4.69) is 4.90 Å². The second kappa shape index (κ2) is 4.47. The van der Waals surface area contributed by atoms with Gasteiger partial charge in [-0.15, -0.1) is 0 Å². The first kappa shape index (κ1) is 12.2. The number of carboxylic acid groups (broad SMARTS) is 1. The molecule has 2 saturated heterocycles. The van der Waals surface area contributed by atoms with Crippen LogP contribution in [-0.2, 0) is 4.79 Å². The van der Waals surface area contributed by atoms with Gasteiger partial charge >= 0.3 is 5.97 Å². The van der Waals surface area contributed by atoms with Crippen molar-refractivity contribution in [1.82, 2.24) is 4.90 Å². The van der Waals surface area contributed by atoms with Gasteiger partial charge in [0.25, 0.3) is 0 Å². The molecule has 0 amide bonds. The lowest BCUT2D eigenvalue weighted by Gasteiger charge is -2.38. The minimum absolute atomic E-state index is 0.0694. The summed E-state index contributed by atoms with van der Waals surface area (Å²) in [5, 5.41) is 9.38. The first-order chi connectivity index (χ1) is 9.24. The lowest BCUT2D eigenvalue weighted by atomic mass is 9.82. The Bertz CT molecular complexity index is 379. The molecule has 0 aromatic carbocycles. The summed E-state index contributed by atoms with van der Waals surface area (Å²) >= 11 is 0. The van der Waals surface area contributed by atoms with Crippen LogP contribution in [0.3, 0.4) is 0 Å². The quantitative estimate of drug-likeness (QED) is 0.851. The van der Waals surface area contributed by atoms with Gasteiger partial charge < -0.3 is 5.11 Å². The maximum atomic E-state index is 11.4. The third-order valence-corrected chi connectivity index (χ3v) is 6.31. The minimum Gasteiger partial charge on any atom is -0.481 e. The number of hydrogen-bond donors (Lipinski definition) is 1. The Labute approximate surface area is 115 Å². The van der Waals surface area contributed by atoms with Crippen molar-refractivity contribution in [2.45, 2.75) is 75.9 Å². The third kappa shape index (κ3) is 2.01. The van der Waals surface area contributed by atoms with Crippen LogP contribution in [0.4, 0.5) is 0 Å². The molecule has 4 aliphatic rings. The highest BCUT2D eigenvalue weighted by Crippen LogP contribution is 2.49. The van der Waals surface area contributed by atoms with Crippen molar-refractivity contribution in [3.05, 3.63) is 0 Å². The van der Waals surface area contributed by atoms with Crippen LogP contribution >= 0.6 is 0 Å². The van der Waals surface area contributed by atoms with Gasteiger partial charge in [-0.1, -0.05) is 12.8 Å². The molecule has 4 rings (SSSR count). The molecule has 0 spiro atoms. The molecule has 2 saturated carbocycles. The predicted octanol–water partition coefficient (Wildman–Crippen LogP) is 2.89. The molecule has 0 aromatic heterocycles. The average molecular weight is 263 g/mol. The molecule has 0 radical (unpaired) electrons. The molecule has 2 aliphatic carbocycles. The standard InChI is InChI=1S/C16H25NO2/c18-16(19)14-9-13-6-7-15(14)17(13)12-3-1-2-11(8-12)10-4-5-10/h10-15H,1-9H2,(H,18,19). The number of hydrogen-bond acceptors (Lipinski definition) is 2. The number of rotatable bonds is 3. The van der Waals surface area contributed by atoms with Crippen LogP contribution in [-0.4, -0.2) is 34.1 Å². The summed E-state index contributed by atoms with van der Waals surface area (Å²) in [6.07, 6.45) is 11.7. The van der Waals surface area contributed by atoms with Gasteiger partial charge in [-0.2, -0.15) is 0 Å². The molecule has 2 aliphatic heterocycles. The van der Waals surface area contributed by atoms with Crippen molar-refractivity contribution in [3.63, 3.8) is 0 Å².